The first kappa shape index (κ1) is 19.4. The van der Waals surface area contributed by atoms with Crippen molar-refractivity contribution >= 4 is 21.4 Å². The van der Waals surface area contributed by atoms with Crippen LogP contribution >= 0.6 is 0 Å². The fourth-order valence-electron chi connectivity index (χ4n) is 2.63. The van der Waals surface area contributed by atoms with Gasteiger partial charge in [0.15, 0.2) is 9.84 Å². The van der Waals surface area contributed by atoms with Crippen molar-refractivity contribution in [1.29, 1.82) is 0 Å². The minimum absolute atomic E-state index is 0.0502. The Bertz CT molecular complexity index is 719. The van der Waals surface area contributed by atoms with E-state index in [0.29, 0.717) is 12.1 Å². The molecule has 1 amide bonds. The molecule has 2 rings (SSSR count). The van der Waals surface area contributed by atoms with Crippen LogP contribution in [0.2, 0.25) is 0 Å². The van der Waals surface area contributed by atoms with Crippen molar-refractivity contribution in [3.8, 4) is 5.75 Å². The Morgan fingerprint density at radius 2 is 1.92 bits per heavy atom. The number of amides is 1. The number of carbonyl (C=O) groups excluding carboxylic acids is 1. The topological polar surface area (TPSA) is 75.7 Å². The van der Waals surface area contributed by atoms with Crippen molar-refractivity contribution < 1.29 is 31.1 Å². The van der Waals surface area contributed by atoms with E-state index in [9.17, 15) is 26.4 Å². The summed E-state index contributed by atoms with van der Waals surface area (Å²) in [4.78, 5) is 13.8. The van der Waals surface area contributed by atoms with Crippen LogP contribution in [-0.2, 0) is 14.6 Å². The van der Waals surface area contributed by atoms with Gasteiger partial charge in [0, 0.05) is 18.8 Å². The molecule has 0 aliphatic carbocycles. The van der Waals surface area contributed by atoms with Gasteiger partial charge in [-0.25, -0.2) is 8.42 Å². The van der Waals surface area contributed by atoms with Gasteiger partial charge in [0.05, 0.1) is 11.5 Å². The van der Waals surface area contributed by atoms with Crippen LogP contribution in [-0.4, -0.2) is 56.2 Å². The molecule has 0 bridgehead atoms. The molecule has 1 heterocycles. The highest BCUT2D eigenvalue weighted by molar-refractivity contribution is 7.91. The van der Waals surface area contributed by atoms with Gasteiger partial charge in [-0.2, -0.15) is 0 Å². The number of sulfone groups is 1. The highest BCUT2D eigenvalue weighted by Crippen LogP contribution is 2.24. The third-order valence-electron chi connectivity index (χ3n) is 3.95. The number of likely N-dealkylation sites (N-methyl/N-ethyl adjacent to an activating group) is 1. The highest BCUT2D eigenvalue weighted by atomic mass is 32.2. The number of anilines is 1. The van der Waals surface area contributed by atoms with E-state index < -0.39 is 22.2 Å². The van der Waals surface area contributed by atoms with Crippen molar-refractivity contribution in [2.75, 3.05) is 23.9 Å². The summed E-state index contributed by atoms with van der Waals surface area (Å²) < 4.78 is 63.2. The molecule has 1 N–H and O–H groups in total. The van der Waals surface area contributed by atoms with Gasteiger partial charge in [0.2, 0.25) is 5.91 Å². The molecule has 1 aromatic carbocycles. The molecule has 1 aromatic rings. The minimum atomic E-state index is -4.76. The molecular weight excluding hydrogens is 361 g/mol. The fraction of sp³-hybridized carbons (Fsp3) is 0.533. The molecule has 25 heavy (non-hydrogen) atoms. The number of benzene rings is 1. The zero-order valence-electron chi connectivity index (χ0n) is 13.7. The van der Waals surface area contributed by atoms with Crippen molar-refractivity contribution in [3.05, 3.63) is 24.3 Å². The Morgan fingerprint density at radius 1 is 1.32 bits per heavy atom. The van der Waals surface area contributed by atoms with Crippen LogP contribution in [0.1, 0.15) is 13.3 Å². The second-order valence-electron chi connectivity index (χ2n) is 5.94. The van der Waals surface area contributed by atoms with Crippen LogP contribution in [0.5, 0.6) is 5.75 Å². The lowest BCUT2D eigenvalue weighted by atomic mass is 10.2. The predicted octanol–water partition coefficient (Wildman–Crippen LogP) is 2.03. The molecule has 0 spiro atoms. The Morgan fingerprint density at radius 3 is 2.40 bits per heavy atom. The number of nitrogens with zero attached hydrogens (tertiary/aromatic N) is 1. The van der Waals surface area contributed by atoms with Gasteiger partial charge in [0.25, 0.3) is 0 Å². The van der Waals surface area contributed by atoms with E-state index in [1.807, 2.05) is 0 Å². The average molecular weight is 380 g/mol. The lowest BCUT2D eigenvalue weighted by molar-refractivity contribution is -0.274. The third kappa shape index (κ3) is 5.52. The van der Waals surface area contributed by atoms with Crippen molar-refractivity contribution in [3.63, 3.8) is 0 Å². The lowest BCUT2D eigenvalue weighted by Crippen LogP contribution is -2.45. The summed E-state index contributed by atoms with van der Waals surface area (Å²) in [6, 6.07) is 3.99. The molecule has 6 nitrogen and oxygen atoms in total. The number of ether oxygens (including phenoxy) is 1. The van der Waals surface area contributed by atoms with Crippen molar-refractivity contribution in [2.45, 2.75) is 31.8 Å². The second-order valence-corrected chi connectivity index (χ2v) is 8.17. The van der Waals surface area contributed by atoms with E-state index in [4.69, 9.17) is 0 Å². The monoisotopic (exact) mass is 380 g/mol. The first-order valence-corrected chi connectivity index (χ1v) is 9.38. The van der Waals surface area contributed by atoms with Crippen LogP contribution in [0.25, 0.3) is 0 Å². The summed E-state index contributed by atoms with van der Waals surface area (Å²) in [5.74, 6) is -0.633. The van der Waals surface area contributed by atoms with Gasteiger partial charge in [-0.15, -0.1) is 13.2 Å². The Labute approximate surface area is 143 Å². The van der Waals surface area contributed by atoms with E-state index in [1.165, 1.54) is 17.0 Å². The van der Waals surface area contributed by atoms with Gasteiger partial charge < -0.3 is 15.0 Å². The standard InChI is InChI=1S/C15H19F3N2O4S/c1-10(14(21)20(2)12-7-8-25(22,23)9-12)19-11-3-5-13(6-4-11)24-15(16,17)18/h3-6,10,12,19H,7-9H2,1-2H3/t10-,12-/m0/s1. The third-order valence-corrected chi connectivity index (χ3v) is 5.70. The summed E-state index contributed by atoms with van der Waals surface area (Å²) in [5, 5.41) is 2.88. The van der Waals surface area contributed by atoms with Gasteiger partial charge in [0.1, 0.15) is 11.8 Å². The Hall–Kier alpha value is -1.97. The average Bonchev–Trinajstić information content (AvgIpc) is 2.86. The quantitative estimate of drug-likeness (QED) is 0.846. The van der Waals surface area contributed by atoms with Crippen molar-refractivity contribution in [2.24, 2.45) is 0 Å². The number of halogens is 3. The first-order valence-electron chi connectivity index (χ1n) is 7.56. The number of carbonyl (C=O) groups is 1. The lowest BCUT2D eigenvalue weighted by Gasteiger charge is -2.27. The number of rotatable bonds is 5. The largest absolute Gasteiger partial charge is 0.573 e. The normalized spacial score (nSPS) is 20.8. The summed E-state index contributed by atoms with van der Waals surface area (Å²) >= 11 is 0. The molecular formula is C15H19F3N2O4S. The number of hydrogen-bond donors (Lipinski definition) is 1. The summed E-state index contributed by atoms with van der Waals surface area (Å²) in [7, 11) is -1.55. The summed E-state index contributed by atoms with van der Waals surface area (Å²) in [6.07, 6.45) is -4.36. The highest BCUT2D eigenvalue weighted by Gasteiger charge is 2.34. The summed E-state index contributed by atoms with van der Waals surface area (Å²) in [6.45, 7) is 1.60. The second kappa shape index (κ2) is 7.11. The van der Waals surface area contributed by atoms with Crippen LogP contribution in [0, 0.1) is 0 Å². The van der Waals surface area contributed by atoms with Gasteiger partial charge >= 0.3 is 6.36 Å². The molecule has 2 atom stereocenters. The molecule has 0 saturated carbocycles. The minimum Gasteiger partial charge on any atom is -0.406 e. The molecule has 1 saturated heterocycles. The number of alkyl halides is 3. The molecule has 0 unspecified atom stereocenters. The molecule has 140 valence electrons. The smallest absolute Gasteiger partial charge is 0.406 e. The van der Waals surface area contributed by atoms with E-state index in [2.05, 4.69) is 10.1 Å². The Balaban J connectivity index is 1.94. The maximum absolute atomic E-state index is 12.4. The van der Waals surface area contributed by atoms with E-state index in [0.717, 1.165) is 12.1 Å². The van der Waals surface area contributed by atoms with Gasteiger partial charge in [-0.3, -0.25) is 4.79 Å². The molecule has 0 radical (unpaired) electrons. The van der Waals surface area contributed by atoms with E-state index >= 15 is 0 Å². The zero-order chi connectivity index (χ0) is 18.8. The van der Waals surface area contributed by atoms with E-state index in [1.54, 1.807) is 14.0 Å². The van der Waals surface area contributed by atoms with Gasteiger partial charge in [-0.05, 0) is 37.6 Å². The molecule has 1 fully saturated rings. The zero-order valence-corrected chi connectivity index (χ0v) is 14.5. The van der Waals surface area contributed by atoms with Crippen LogP contribution < -0.4 is 10.1 Å². The molecule has 1 aliphatic rings. The van der Waals surface area contributed by atoms with Crippen LogP contribution in [0.4, 0.5) is 18.9 Å². The van der Waals surface area contributed by atoms with Crippen LogP contribution in [0.3, 0.4) is 0 Å². The number of nitrogens with one attached hydrogen (secondary N) is 1. The summed E-state index contributed by atoms with van der Waals surface area (Å²) in [5.41, 5.74) is 0.447. The maximum Gasteiger partial charge on any atom is 0.573 e. The van der Waals surface area contributed by atoms with Crippen LogP contribution in [0.15, 0.2) is 24.3 Å². The molecule has 0 aromatic heterocycles. The van der Waals surface area contributed by atoms with Crippen molar-refractivity contribution in [1.82, 2.24) is 4.90 Å². The molecule has 10 heteroatoms. The Kier molecular flexibility index (Phi) is 5.50. The first-order chi connectivity index (χ1) is 11.5. The number of hydrogen-bond acceptors (Lipinski definition) is 5. The van der Waals surface area contributed by atoms with E-state index in [-0.39, 0.29) is 29.2 Å². The fourth-order valence-corrected chi connectivity index (χ4v) is 4.41. The maximum atomic E-state index is 12.4. The molecule has 1 aliphatic heterocycles. The SMILES string of the molecule is C[C@H](Nc1ccc(OC(F)(F)F)cc1)C(=O)N(C)[C@H]1CCS(=O)(=O)C1. The predicted molar refractivity (Wildman–Crippen MR) is 86.0 cm³/mol. The van der Waals surface area contributed by atoms with Gasteiger partial charge in [-0.1, -0.05) is 0 Å².